The molecular formula is C24H27NO5S. The highest BCUT2D eigenvalue weighted by Crippen LogP contribution is 2.19. The normalized spacial score (nSPS) is 11.2. The lowest BCUT2D eigenvalue weighted by molar-refractivity contribution is -0.138. The largest absolute Gasteiger partial charge is 0.405 e. The van der Waals surface area contributed by atoms with Gasteiger partial charge >= 0.3 is 5.97 Å². The highest BCUT2D eigenvalue weighted by molar-refractivity contribution is 7.99. The fourth-order valence-corrected chi connectivity index (χ4v) is 3.34. The first kappa shape index (κ1) is 24.5. The molecule has 2 aromatic rings. The van der Waals surface area contributed by atoms with Gasteiger partial charge in [-0.1, -0.05) is 73.4 Å². The SMILES string of the molecule is CCCCCCC(=NOC(=O)C(=O)c1ccccc1)C(=O)c1ccc(SCOC)cc1. The zero-order valence-electron chi connectivity index (χ0n) is 17.8. The summed E-state index contributed by atoms with van der Waals surface area (Å²) in [6.45, 7) is 2.10. The number of rotatable bonds is 13. The van der Waals surface area contributed by atoms with Crippen LogP contribution in [-0.4, -0.2) is 36.3 Å². The molecule has 2 rings (SSSR count). The molecule has 0 atom stereocenters. The number of carbonyl (C=O) groups is 3. The summed E-state index contributed by atoms with van der Waals surface area (Å²) in [5, 5.41) is 3.79. The summed E-state index contributed by atoms with van der Waals surface area (Å²) in [6, 6.07) is 15.2. The van der Waals surface area contributed by atoms with Gasteiger partial charge in [0.2, 0.25) is 5.78 Å². The number of hydrogen-bond donors (Lipinski definition) is 0. The molecule has 31 heavy (non-hydrogen) atoms. The number of oxime groups is 1. The predicted molar refractivity (Wildman–Crippen MR) is 122 cm³/mol. The van der Waals surface area contributed by atoms with E-state index in [9.17, 15) is 14.4 Å². The van der Waals surface area contributed by atoms with Crippen LogP contribution in [0.2, 0.25) is 0 Å². The lowest BCUT2D eigenvalue weighted by Gasteiger charge is -2.07. The quantitative estimate of drug-likeness (QED) is 0.0612. The molecule has 2 aromatic carbocycles. The Balaban J connectivity index is 2.12. The van der Waals surface area contributed by atoms with E-state index in [2.05, 4.69) is 12.1 Å². The molecule has 7 heteroatoms. The average Bonchev–Trinajstić information content (AvgIpc) is 2.82. The Morgan fingerprint density at radius 3 is 2.19 bits per heavy atom. The van der Waals surface area contributed by atoms with E-state index in [1.54, 1.807) is 37.4 Å². The van der Waals surface area contributed by atoms with Crippen LogP contribution >= 0.6 is 11.8 Å². The van der Waals surface area contributed by atoms with Gasteiger partial charge in [0.25, 0.3) is 5.78 Å². The van der Waals surface area contributed by atoms with Crippen LogP contribution in [0, 0.1) is 0 Å². The standard InChI is InChI=1S/C24H27NO5S/c1-3-4-5-9-12-21(22(26)19-13-15-20(16-14-19)31-17-29-2)25-30-24(28)23(27)18-10-7-6-8-11-18/h6-8,10-11,13-16H,3-5,9,12,17H2,1-2H3. The third-order valence-electron chi connectivity index (χ3n) is 4.45. The Kier molecular flexibility index (Phi) is 10.7. The summed E-state index contributed by atoms with van der Waals surface area (Å²) in [6.07, 6.45) is 4.14. The maximum Gasteiger partial charge on any atom is 0.405 e. The van der Waals surface area contributed by atoms with E-state index in [1.165, 1.54) is 23.9 Å². The third-order valence-corrected chi connectivity index (χ3v) is 5.41. The van der Waals surface area contributed by atoms with Crippen molar-refractivity contribution in [1.29, 1.82) is 0 Å². The zero-order valence-corrected chi connectivity index (χ0v) is 18.7. The smallest absolute Gasteiger partial charge is 0.374 e. The predicted octanol–water partition coefficient (Wildman–Crippen LogP) is 5.32. The number of methoxy groups -OCH3 is 1. The van der Waals surface area contributed by atoms with Crippen molar-refractivity contribution in [1.82, 2.24) is 0 Å². The van der Waals surface area contributed by atoms with Crippen LogP contribution in [0.3, 0.4) is 0 Å². The van der Waals surface area contributed by atoms with Crippen molar-refractivity contribution in [3.05, 3.63) is 65.7 Å². The maximum absolute atomic E-state index is 12.9. The summed E-state index contributed by atoms with van der Waals surface area (Å²) in [4.78, 5) is 43.1. The first-order chi connectivity index (χ1) is 15.1. The molecular weight excluding hydrogens is 414 g/mol. The van der Waals surface area contributed by atoms with Crippen LogP contribution in [0.5, 0.6) is 0 Å². The fourth-order valence-electron chi connectivity index (χ4n) is 2.76. The number of carbonyl (C=O) groups excluding carboxylic acids is 3. The van der Waals surface area contributed by atoms with Gasteiger partial charge in [0.05, 0.1) is 5.94 Å². The minimum absolute atomic E-state index is 0.127. The molecule has 0 aliphatic heterocycles. The number of thioether (sulfide) groups is 1. The van der Waals surface area contributed by atoms with Gasteiger partial charge in [-0.3, -0.25) is 9.59 Å². The Morgan fingerprint density at radius 2 is 1.55 bits per heavy atom. The van der Waals surface area contributed by atoms with Crippen molar-refractivity contribution >= 4 is 35.0 Å². The second-order valence-corrected chi connectivity index (χ2v) is 7.82. The minimum Gasteiger partial charge on any atom is -0.374 e. The molecule has 164 valence electrons. The monoisotopic (exact) mass is 441 g/mol. The Bertz CT molecular complexity index is 894. The summed E-state index contributed by atoms with van der Waals surface area (Å²) in [5.41, 5.74) is 0.784. The second kappa shape index (κ2) is 13.5. The Labute approximate surface area is 187 Å². The lowest BCUT2D eigenvalue weighted by atomic mass is 10.0. The van der Waals surface area contributed by atoms with Gasteiger partial charge in [0, 0.05) is 23.1 Å². The van der Waals surface area contributed by atoms with Crippen LogP contribution in [0.15, 0.2) is 64.6 Å². The first-order valence-electron chi connectivity index (χ1n) is 10.2. The zero-order chi connectivity index (χ0) is 22.5. The highest BCUT2D eigenvalue weighted by Gasteiger charge is 2.20. The Hall–Kier alpha value is -2.77. The molecule has 0 saturated heterocycles. The van der Waals surface area contributed by atoms with Gasteiger partial charge < -0.3 is 9.57 Å². The van der Waals surface area contributed by atoms with Crippen molar-refractivity contribution < 1.29 is 24.0 Å². The van der Waals surface area contributed by atoms with E-state index < -0.39 is 11.8 Å². The van der Waals surface area contributed by atoms with E-state index >= 15 is 0 Å². The molecule has 0 aromatic heterocycles. The van der Waals surface area contributed by atoms with Gasteiger partial charge in [0.15, 0.2) is 0 Å². The lowest BCUT2D eigenvalue weighted by Crippen LogP contribution is -2.19. The van der Waals surface area contributed by atoms with Gasteiger partial charge in [-0.25, -0.2) is 4.79 Å². The summed E-state index contributed by atoms with van der Waals surface area (Å²) in [5.74, 6) is -1.72. The molecule has 0 aliphatic rings. The van der Waals surface area contributed by atoms with Crippen molar-refractivity contribution in [3.8, 4) is 0 Å². The molecule has 0 radical (unpaired) electrons. The number of ketones is 2. The maximum atomic E-state index is 12.9. The fraction of sp³-hybridized carbons (Fsp3) is 0.333. The van der Waals surface area contributed by atoms with Crippen molar-refractivity contribution in [2.45, 2.75) is 43.9 Å². The summed E-state index contributed by atoms with van der Waals surface area (Å²) in [7, 11) is 1.62. The van der Waals surface area contributed by atoms with Crippen LogP contribution < -0.4 is 0 Å². The molecule has 0 bridgehead atoms. The van der Waals surface area contributed by atoms with Crippen LogP contribution in [0.25, 0.3) is 0 Å². The van der Waals surface area contributed by atoms with E-state index in [4.69, 9.17) is 9.57 Å². The number of hydrogen-bond acceptors (Lipinski definition) is 7. The highest BCUT2D eigenvalue weighted by atomic mass is 32.2. The third kappa shape index (κ3) is 8.11. The molecule has 6 nitrogen and oxygen atoms in total. The molecule has 0 heterocycles. The first-order valence-corrected chi connectivity index (χ1v) is 11.2. The molecule has 0 N–H and O–H groups in total. The second-order valence-electron chi connectivity index (χ2n) is 6.83. The molecule has 0 spiro atoms. The van der Waals surface area contributed by atoms with Crippen LogP contribution in [0.1, 0.15) is 59.7 Å². The average molecular weight is 442 g/mol. The topological polar surface area (TPSA) is 82.0 Å². The van der Waals surface area contributed by atoms with Gasteiger partial charge in [-0.15, -0.1) is 0 Å². The van der Waals surface area contributed by atoms with Gasteiger partial charge in [0.1, 0.15) is 5.71 Å². The van der Waals surface area contributed by atoms with Crippen molar-refractivity contribution in [2.75, 3.05) is 13.0 Å². The molecule has 0 saturated carbocycles. The van der Waals surface area contributed by atoms with Crippen molar-refractivity contribution in [3.63, 3.8) is 0 Å². The molecule has 0 unspecified atom stereocenters. The van der Waals surface area contributed by atoms with E-state index in [-0.39, 0.29) is 17.1 Å². The molecule has 0 fully saturated rings. The molecule has 0 aliphatic carbocycles. The van der Waals surface area contributed by atoms with Crippen LogP contribution in [0.4, 0.5) is 0 Å². The van der Waals surface area contributed by atoms with Gasteiger partial charge in [-0.2, -0.15) is 0 Å². The van der Waals surface area contributed by atoms with Gasteiger partial charge in [-0.05, 0) is 37.1 Å². The summed E-state index contributed by atoms with van der Waals surface area (Å²) < 4.78 is 5.03. The number of benzene rings is 2. The summed E-state index contributed by atoms with van der Waals surface area (Å²) >= 11 is 1.51. The molecule has 0 amide bonds. The number of Topliss-reactive ketones (excluding diaryl/α,β-unsaturated/α-hetero) is 2. The van der Waals surface area contributed by atoms with Crippen LogP contribution in [-0.2, 0) is 14.4 Å². The van der Waals surface area contributed by atoms with E-state index in [0.717, 1.165) is 30.6 Å². The number of nitrogens with zero attached hydrogens (tertiary/aromatic N) is 1. The van der Waals surface area contributed by atoms with E-state index in [0.29, 0.717) is 17.9 Å². The number of ether oxygens (including phenoxy) is 1. The van der Waals surface area contributed by atoms with E-state index in [1.807, 2.05) is 12.1 Å². The number of unbranched alkanes of at least 4 members (excludes halogenated alkanes) is 3. The minimum atomic E-state index is -1.11. The van der Waals surface area contributed by atoms with Crippen molar-refractivity contribution in [2.24, 2.45) is 5.16 Å². The Morgan fingerprint density at radius 1 is 0.871 bits per heavy atom.